The van der Waals surface area contributed by atoms with Crippen molar-refractivity contribution in [2.24, 2.45) is 5.84 Å². The van der Waals surface area contributed by atoms with E-state index in [1.54, 1.807) is 0 Å². The van der Waals surface area contributed by atoms with E-state index in [1.165, 1.54) is 12.1 Å². The summed E-state index contributed by atoms with van der Waals surface area (Å²) in [7, 11) is -3.08. The van der Waals surface area contributed by atoms with Gasteiger partial charge in [-0.25, -0.2) is 17.2 Å². The molecule has 1 aromatic rings. The van der Waals surface area contributed by atoms with Crippen LogP contribution in [0.15, 0.2) is 18.2 Å². The Morgan fingerprint density at radius 3 is 2.28 bits per heavy atom. The standard InChI is InChI=1S/C11H16F2N2O2S/c1-18(16,17)3-2-11(15-14)6-8-4-9(12)7-10(13)5-8/h4-5,7,11,15H,2-3,6,14H2,1H3. The average molecular weight is 278 g/mol. The van der Waals surface area contributed by atoms with Crippen molar-refractivity contribution in [1.29, 1.82) is 0 Å². The summed E-state index contributed by atoms with van der Waals surface area (Å²) in [4.78, 5) is 0. The maximum Gasteiger partial charge on any atom is 0.147 e. The molecule has 4 nitrogen and oxygen atoms in total. The summed E-state index contributed by atoms with van der Waals surface area (Å²) >= 11 is 0. The van der Waals surface area contributed by atoms with E-state index in [-0.39, 0.29) is 24.6 Å². The first-order chi connectivity index (χ1) is 8.30. The minimum absolute atomic E-state index is 0.0281. The smallest absolute Gasteiger partial charge is 0.147 e. The van der Waals surface area contributed by atoms with Gasteiger partial charge in [-0.3, -0.25) is 11.3 Å². The zero-order valence-corrected chi connectivity index (χ0v) is 10.8. The van der Waals surface area contributed by atoms with Gasteiger partial charge in [0.2, 0.25) is 0 Å². The number of halogens is 2. The molecule has 0 aromatic heterocycles. The van der Waals surface area contributed by atoms with Gasteiger partial charge in [-0.15, -0.1) is 0 Å². The van der Waals surface area contributed by atoms with E-state index in [1.807, 2.05) is 0 Å². The summed E-state index contributed by atoms with van der Waals surface area (Å²) in [6, 6.07) is 2.84. The molecule has 1 rings (SSSR count). The van der Waals surface area contributed by atoms with Crippen LogP contribution in [-0.4, -0.2) is 26.5 Å². The Morgan fingerprint density at radius 2 is 1.83 bits per heavy atom. The SMILES string of the molecule is CS(=O)(=O)CCC(Cc1cc(F)cc(F)c1)NN. The second-order valence-electron chi connectivity index (χ2n) is 4.26. The summed E-state index contributed by atoms with van der Waals surface area (Å²) in [5.74, 6) is 3.94. The van der Waals surface area contributed by atoms with Crippen LogP contribution in [0.25, 0.3) is 0 Å². The van der Waals surface area contributed by atoms with Gasteiger partial charge in [0.25, 0.3) is 0 Å². The highest BCUT2D eigenvalue weighted by molar-refractivity contribution is 7.90. The Kier molecular flexibility index (Phi) is 5.18. The molecule has 102 valence electrons. The summed E-state index contributed by atoms with van der Waals surface area (Å²) < 4.78 is 48.0. The van der Waals surface area contributed by atoms with Crippen molar-refractivity contribution < 1.29 is 17.2 Å². The Morgan fingerprint density at radius 1 is 1.28 bits per heavy atom. The molecule has 0 aliphatic carbocycles. The first-order valence-electron chi connectivity index (χ1n) is 5.39. The van der Waals surface area contributed by atoms with Gasteiger partial charge in [-0.1, -0.05) is 0 Å². The van der Waals surface area contributed by atoms with Crippen molar-refractivity contribution in [3.63, 3.8) is 0 Å². The first-order valence-corrected chi connectivity index (χ1v) is 7.45. The predicted octanol–water partition coefficient (Wildman–Crippen LogP) is 0.774. The van der Waals surface area contributed by atoms with Crippen LogP contribution in [0.4, 0.5) is 8.78 Å². The third-order valence-electron chi connectivity index (χ3n) is 2.48. The topological polar surface area (TPSA) is 72.2 Å². The number of rotatable bonds is 6. The molecule has 18 heavy (non-hydrogen) atoms. The normalized spacial score (nSPS) is 13.6. The van der Waals surface area contributed by atoms with E-state index >= 15 is 0 Å². The Hall–Kier alpha value is -1.05. The van der Waals surface area contributed by atoms with E-state index in [9.17, 15) is 17.2 Å². The average Bonchev–Trinajstić information content (AvgIpc) is 2.21. The van der Waals surface area contributed by atoms with E-state index in [0.29, 0.717) is 5.56 Å². The second-order valence-corrected chi connectivity index (χ2v) is 6.52. The van der Waals surface area contributed by atoms with E-state index < -0.39 is 21.5 Å². The highest BCUT2D eigenvalue weighted by atomic mass is 32.2. The molecule has 1 atom stereocenters. The van der Waals surface area contributed by atoms with Gasteiger partial charge in [0.1, 0.15) is 21.5 Å². The lowest BCUT2D eigenvalue weighted by molar-refractivity contribution is 0.502. The zero-order valence-electron chi connectivity index (χ0n) is 9.99. The van der Waals surface area contributed by atoms with Crippen molar-refractivity contribution in [3.8, 4) is 0 Å². The van der Waals surface area contributed by atoms with Gasteiger partial charge >= 0.3 is 0 Å². The first kappa shape index (κ1) is 15.0. The van der Waals surface area contributed by atoms with Crippen LogP contribution in [0.3, 0.4) is 0 Å². The monoisotopic (exact) mass is 278 g/mol. The number of nitrogens with two attached hydrogens (primary N) is 1. The zero-order chi connectivity index (χ0) is 13.8. The molecule has 1 unspecified atom stereocenters. The third kappa shape index (κ3) is 5.52. The van der Waals surface area contributed by atoms with Crippen LogP contribution in [0.2, 0.25) is 0 Å². The largest absolute Gasteiger partial charge is 0.271 e. The molecule has 1 aromatic carbocycles. The molecule has 7 heteroatoms. The molecule has 0 saturated carbocycles. The van der Waals surface area contributed by atoms with Crippen molar-refractivity contribution in [2.45, 2.75) is 18.9 Å². The summed E-state index contributed by atoms with van der Waals surface area (Å²) in [6.07, 6.45) is 1.68. The minimum atomic E-state index is -3.08. The van der Waals surface area contributed by atoms with Crippen LogP contribution in [0.1, 0.15) is 12.0 Å². The lowest BCUT2D eigenvalue weighted by Gasteiger charge is -2.15. The maximum atomic E-state index is 13.0. The van der Waals surface area contributed by atoms with Crippen molar-refractivity contribution >= 4 is 9.84 Å². The second kappa shape index (κ2) is 6.21. The van der Waals surface area contributed by atoms with Crippen LogP contribution in [0.5, 0.6) is 0 Å². The number of hydrazine groups is 1. The van der Waals surface area contributed by atoms with Gasteiger partial charge < -0.3 is 0 Å². The maximum absolute atomic E-state index is 13.0. The van der Waals surface area contributed by atoms with Crippen LogP contribution < -0.4 is 11.3 Å². The van der Waals surface area contributed by atoms with Gasteiger partial charge in [0.15, 0.2) is 0 Å². The molecule has 0 fully saturated rings. The van der Waals surface area contributed by atoms with E-state index in [2.05, 4.69) is 5.43 Å². The summed E-state index contributed by atoms with van der Waals surface area (Å²) in [6.45, 7) is 0. The fraction of sp³-hybridized carbons (Fsp3) is 0.455. The fourth-order valence-electron chi connectivity index (χ4n) is 1.61. The van der Waals surface area contributed by atoms with E-state index in [4.69, 9.17) is 5.84 Å². The quantitative estimate of drug-likeness (QED) is 0.595. The van der Waals surface area contributed by atoms with Crippen LogP contribution in [-0.2, 0) is 16.3 Å². The molecule has 0 aliphatic heterocycles. The molecule has 0 aliphatic rings. The van der Waals surface area contributed by atoms with Crippen molar-refractivity contribution in [3.05, 3.63) is 35.4 Å². The van der Waals surface area contributed by atoms with Gasteiger partial charge in [-0.2, -0.15) is 0 Å². The number of benzene rings is 1. The fourth-order valence-corrected chi connectivity index (χ4v) is 2.33. The lowest BCUT2D eigenvalue weighted by atomic mass is 10.0. The summed E-state index contributed by atoms with van der Waals surface area (Å²) in [5.41, 5.74) is 2.89. The van der Waals surface area contributed by atoms with Gasteiger partial charge in [0.05, 0.1) is 5.75 Å². The van der Waals surface area contributed by atoms with E-state index in [0.717, 1.165) is 12.3 Å². The Balaban J connectivity index is 2.67. The third-order valence-corrected chi connectivity index (χ3v) is 3.45. The highest BCUT2D eigenvalue weighted by Crippen LogP contribution is 2.11. The van der Waals surface area contributed by atoms with Gasteiger partial charge in [-0.05, 0) is 30.5 Å². The molecule has 0 bridgehead atoms. The number of hydrogen-bond acceptors (Lipinski definition) is 4. The van der Waals surface area contributed by atoms with Crippen LogP contribution >= 0.6 is 0 Å². The van der Waals surface area contributed by atoms with Crippen LogP contribution in [0, 0.1) is 11.6 Å². The molecule has 0 radical (unpaired) electrons. The molecule has 0 saturated heterocycles. The van der Waals surface area contributed by atoms with Crippen molar-refractivity contribution in [1.82, 2.24) is 5.43 Å². The lowest BCUT2D eigenvalue weighted by Crippen LogP contribution is -2.38. The minimum Gasteiger partial charge on any atom is -0.271 e. The molecule has 0 spiro atoms. The molecule has 3 N–H and O–H groups in total. The van der Waals surface area contributed by atoms with Gasteiger partial charge in [0, 0.05) is 18.4 Å². The Labute approximate surface area is 105 Å². The number of nitrogens with one attached hydrogen (secondary N) is 1. The number of sulfone groups is 1. The number of hydrogen-bond donors (Lipinski definition) is 2. The summed E-state index contributed by atoms with van der Waals surface area (Å²) in [5, 5.41) is 0. The van der Waals surface area contributed by atoms with Crippen molar-refractivity contribution in [2.75, 3.05) is 12.0 Å². The Bertz CT molecular complexity index is 486. The molecule has 0 amide bonds. The molecular weight excluding hydrogens is 262 g/mol. The molecular formula is C11H16F2N2O2S. The highest BCUT2D eigenvalue weighted by Gasteiger charge is 2.12. The predicted molar refractivity (Wildman–Crippen MR) is 65.5 cm³/mol. The molecule has 0 heterocycles.